The predicted octanol–water partition coefficient (Wildman–Crippen LogP) is 0.764. The van der Waals surface area contributed by atoms with Crippen molar-refractivity contribution < 1.29 is 4.79 Å². The minimum Gasteiger partial charge on any atom is -0.277 e. The molecule has 0 fully saturated rings. The van der Waals surface area contributed by atoms with E-state index in [0.29, 0.717) is 11.5 Å². The summed E-state index contributed by atoms with van der Waals surface area (Å²) in [5, 5.41) is 0.648. The molecule has 0 spiro atoms. The molecule has 0 saturated carbocycles. The van der Waals surface area contributed by atoms with Crippen molar-refractivity contribution >= 4 is 33.1 Å². The molecule has 2 aromatic heterocycles. The summed E-state index contributed by atoms with van der Waals surface area (Å²) in [4.78, 5) is 18.1. The second kappa shape index (κ2) is 3.36. The Kier molecular flexibility index (Phi) is 2.05. The summed E-state index contributed by atoms with van der Waals surface area (Å²) in [5.74, 6) is 0. The van der Waals surface area contributed by atoms with Crippen molar-refractivity contribution in [2.24, 2.45) is 0 Å². The standard InChI is InChI=1S/C7H6N4OS/c12-4-9-11-7-10-5-3-8-2-1-6(5)13-7/h1-4H,(H,9,12)(H,10,11). The van der Waals surface area contributed by atoms with Gasteiger partial charge in [0.25, 0.3) is 0 Å². The first-order chi connectivity index (χ1) is 6.40. The van der Waals surface area contributed by atoms with Crippen molar-refractivity contribution in [2.45, 2.75) is 0 Å². The highest BCUT2D eigenvalue weighted by Gasteiger charge is 2.00. The molecule has 2 heterocycles. The molecule has 6 heteroatoms. The van der Waals surface area contributed by atoms with Crippen LogP contribution in [0.4, 0.5) is 5.13 Å². The molecule has 5 nitrogen and oxygen atoms in total. The molecule has 66 valence electrons. The summed E-state index contributed by atoms with van der Waals surface area (Å²) in [7, 11) is 0. The van der Waals surface area contributed by atoms with Crippen LogP contribution in [0.25, 0.3) is 10.2 Å². The number of thiazole rings is 1. The Morgan fingerprint density at radius 3 is 3.23 bits per heavy atom. The molecular weight excluding hydrogens is 188 g/mol. The third-order valence-corrected chi connectivity index (χ3v) is 2.38. The lowest BCUT2D eigenvalue weighted by Crippen LogP contribution is -2.18. The fourth-order valence-corrected chi connectivity index (χ4v) is 1.72. The number of anilines is 1. The molecule has 0 unspecified atom stereocenters. The van der Waals surface area contributed by atoms with E-state index in [9.17, 15) is 4.79 Å². The highest BCUT2D eigenvalue weighted by Crippen LogP contribution is 2.23. The van der Waals surface area contributed by atoms with Crippen LogP contribution in [0.1, 0.15) is 0 Å². The monoisotopic (exact) mass is 194 g/mol. The van der Waals surface area contributed by atoms with Crippen molar-refractivity contribution in [3.63, 3.8) is 0 Å². The van der Waals surface area contributed by atoms with Gasteiger partial charge in [-0.2, -0.15) is 0 Å². The molecule has 0 aliphatic rings. The van der Waals surface area contributed by atoms with E-state index in [1.54, 1.807) is 12.4 Å². The van der Waals surface area contributed by atoms with Crippen molar-refractivity contribution in [3.8, 4) is 0 Å². The van der Waals surface area contributed by atoms with Gasteiger partial charge in [0.1, 0.15) is 5.52 Å². The van der Waals surface area contributed by atoms with E-state index in [2.05, 4.69) is 20.8 Å². The van der Waals surface area contributed by atoms with E-state index in [0.717, 1.165) is 10.2 Å². The Labute approximate surface area is 77.8 Å². The Morgan fingerprint density at radius 1 is 1.54 bits per heavy atom. The third-order valence-electron chi connectivity index (χ3n) is 1.43. The van der Waals surface area contributed by atoms with E-state index in [4.69, 9.17) is 0 Å². The second-order valence-electron chi connectivity index (χ2n) is 2.25. The van der Waals surface area contributed by atoms with E-state index in [-0.39, 0.29) is 0 Å². The third kappa shape index (κ3) is 1.57. The first kappa shape index (κ1) is 7.93. The number of carbonyl (C=O) groups excluding carboxylic acids is 1. The quantitative estimate of drug-likeness (QED) is 0.559. The van der Waals surface area contributed by atoms with Gasteiger partial charge >= 0.3 is 0 Å². The van der Waals surface area contributed by atoms with Gasteiger partial charge in [0.05, 0.1) is 10.9 Å². The Hall–Kier alpha value is -1.69. The number of aromatic nitrogens is 2. The molecule has 2 rings (SSSR count). The number of nitrogens with one attached hydrogen (secondary N) is 2. The van der Waals surface area contributed by atoms with Gasteiger partial charge in [0.15, 0.2) is 0 Å². The maximum Gasteiger partial charge on any atom is 0.225 e. The SMILES string of the molecule is O=CNNc1nc2cnccc2s1. The molecular formula is C7H6N4OS. The molecule has 2 N–H and O–H groups in total. The maximum absolute atomic E-state index is 9.98. The number of hydrazine groups is 1. The van der Waals surface area contributed by atoms with Gasteiger partial charge in [-0.25, -0.2) is 4.98 Å². The lowest BCUT2D eigenvalue weighted by molar-refractivity contribution is -0.109. The summed E-state index contributed by atoms with van der Waals surface area (Å²) >= 11 is 1.45. The van der Waals surface area contributed by atoms with Gasteiger partial charge in [-0.3, -0.25) is 20.6 Å². The fraction of sp³-hybridized carbons (Fsp3) is 0. The number of pyridine rings is 1. The van der Waals surface area contributed by atoms with Crippen LogP contribution in [0.3, 0.4) is 0 Å². The molecule has 0 aromatic carbocycles. The van der Waals surface area contributed by atoms with Gasteiger partial charge < -0.3 is 0 Å². The number of carbonyl (C=O) groups is 1. The smallest absolute Gasteiger partial charge is 0.225 e. The summed E-state index contributed by atoms with van der Waals surface area (Å²) < 4.78 is 1.03. The van der Waals surface area contributed by atoms with E-state index < -0.39 is 0 Å². The summed E-state index contributed by atoms with van der Waals surface area (Å²) in [6.07, 6.45) is 3.94. The van der Waals surface area contributed by atoms with Crippen molar-refractivity contribution in [2.75, 3.05) is 5.43 Å². The first-order valence-electron chi connectivity index (χ1n) is 3.56. The molecule has 0 aliphatic carbocycles. The van der Waals surface area contributed by atoms with Crippen LogP contribution in [-0.4, -0.2) is 16.4 Å². The summed E-state index contributed by atoms with van der Waals surface area (Å²) in [6.45, 7) is 0. The van der Waals surface area contributed by atoms with Crippen molar-refractivity contribution in [1.82, 2.24) is 15.4 Å². The highest BCUT2D eigenvalue weighted by molar-refractivity contribution is 7.22. The van der Waals surface area contributed by atoms with Crippen LogP contribution in [0.2, 0.25) is 0 Å². The van der Waals surface area contributed by atoms with Crippen LogP contribution < -0.4 is 10.9 Å². The zero-order valence-electron chi connectivity index (χ0n) is 6.52. The molecule has 13 heavy (non-hydrogen) atoms. The minimum atomic E-state index is 0.560. The lowest BCUT2D eigenvalue weighted by atomic mass is 10.5. The molecule has 0 atom stereocenters. The van der Waals surface area contributed by atoms with E-state index in [1.807, 2.05) is 6.07 Å². The summed E-state index contributed by atoms with van der Waals surface area (Å²) in [6, 6.07) is 1.87. The van der Waals surface area contributed by atoms with Crippen molar-refractivity contribution in [1.29, 1.82) is 0 Å². The number of hydrogen-bond donors (Lipinski definition) is 2. The minimum absolute atomic E-state index is 0.560. The maximum atomic E-state index is 9.98. The van der Waals surface area contributed by atoms with Gasteiger partial charge in [-0.05, 0) is 6.07 Å². The topological polar surface area (TPSA) is 66.9 Å². The first-order valence-corrected chi connectivity index (χ1v) is 4.37. The summed E-state index contributed by atoms with van der Waals surface area (Å²) in [5.41, 5.74) is 5.79. The Morgan fingerprint density at radius 2 is 2.46 bits per heavy atom. The average molecular weight is 194 g/mol. The zero-order valence-corrected chi connectivity index (χ0v) is 7.34. The van der Waals surface area contributed by atoms with Gasteiger partial charge in [-0.1, -0.05) is 11.3 Å². The normalized spacial score (nSPS) is 9.85. The molecule has 0 radical (unpaired) electrons. The number of nitrogens with zero attached hydrogens (tertiary/aromatic N) is 2. The highest BCUT2D eigenvalue weighted by atomic mass is 32.1. The largest absolute Gasteiger partial charge is 0.277 e. The molecule has 0 bridgehead atoms. The van der Waals surface area contributed by atoms with Gasteiger partial charge in [-0.15, -0.1) is 0 Å². The van der Waals surface area contributed by atoms with Gasteiger partial charge in [0.2, 0.25) is 11.5 Å². The van der Waals surface area contributed by atoms with Crippen molar-refractivity contribution in [3.05, 3.63) is 18.5 Å². The number of rotatable bonds is 3. The second-order valence-corrected chi connectivity index (χ2v) is 3.28. The Bertz CT molecular complexity index is 394. The molecule has 1 amide bonds. The average Bonchev–Trinajstić information content (AvgIpc) is 2.57. The van der Waals surface area contributed by atoms with Crippen LogP contribution in [-0.2, 0) is 4.79 Å². The zero-order chi connectivity index (χ0) is 9.10. The number of hydrogen-bond acceptors (Lipinski definition) is 5. The van der Waals surface area contributed by atoms with Crippen LogP contribution >= 0.6 is 11.3 Å². The van der Waals surface area contributed by atoms with E-state index >= 15 is 0 Å². The predicted molar refractivity (Wildman–Crippen MR) is 50.2 cm³/mol. The molecule has 0 aliphatic heterocycles. The fourth-order valence-electron chi connectivity index (χ4n) is 0.925. The van der Waals surface area contributed by atoms with Gasteiger partial charge in [0, 0.05) is 6.20 Å². The Balaban J connectivity index is 2.32. The molecule has 0 saturated heterocycles. The van der Waals surface area contributed by atoms with Crippen LogP contribution in [0.5, 0.6) is 0 Å². The number of fused-ring (bicyclic) bond motifs is 1. The van der Waals surface area contributed by atoms with Crippen LogP contribution in [0.15, 0.2) is 18.5 Å². The van der Waals surface area contributed by atoms with Crippen LogP contribution in [0, 0.1) is 0 Å². The number of amides is 1. The molecule has 2 aromatic rings. The lowest BCUT2D eigenvalue weighted by Gasteiger charge is -1.94. The van der Waals surface area contributed by atoms with E-state index in [1.165, 1.54) is 11.3 Å².